The highest BCUT2D eigenvalue weighted by Gasteiger charge is 2.15. The number of carbonyl (C=O) groups is 1. The van der Waals surface area contributed by atoms with Gasteiger partial charge in [-0.25, -0.2) is 4.98 Å². The van der Waals surface area contributed by atoms with Crippen LogP contribution < -0.4 is 5.73 Å². The zero-order valence-corrected chi connectivity index (χ0v) is 10.4. The van der Waals surface area contributed by atoms with E-state index in [-0.39, 0.29) is 23.4 Å². The Labute approximate surface area is 105 Å². The van der Waals surface area contributed by atoms with Gasteiger partial charge in [0.2, 0.25) is 0 Å². The molecule has 0 unspecified atom stereocenters. The third kappa shape index (κ3) is 3.57. The second-order valence-corrected chi connectivity index (χ2v) is 4.01. The van der Waals surface area contributed by atoms with Gasteiger partial charge in [0.15, 0.2) is 0 Å². The van der Waals surface area contributed by atoms with Crippen molar-refractivity contribution in [1.29, 1.82) is 0 Å². The van der Waals surface area contributed by atoms with Gasteiger partial charge >= 0.3 is 0 Å². The number of pyridine rings is 1. The Balaban J connectivity index is 2.88. The van der Waals surface area contributed by atoms with Gasteiger partial charge in [-0.1, -0.05) is 18.5 Å². The second kappa shape index (κ2) is 6.42. The first-order valence-electron chi connectivity index (χ1n) is 5.41. The molecule has 0 aliphatic carbocycles. The Morgan fingerprint density at radius 3 is 2.82 bits per heavy atom. The maximum atomic E-state index is 12.1. The highest BCUT2D eigenvalue weighted by atomic mass is 35.5. The molecule has 94 valence electrons. The molecule has 1 heterocycles. The fraction of sp³-hybridized carbons (Fsp3) is 0.455. The summed E-state index contributed by atoms with van der Waals surface area (Å²) in [6, 6.07) is 1.49. The van der Waals surface area contributed by atoms with Crippen molar-refractivity contribution in [3.05, 3.63) is 22.8 Å². The van der Waals surface area contributed by atoms with Crippen LogP contribution in [0.3, 0.4) is 0 Å². The quantitative estimate of drug-likeness (QED) is 0.830. The number of hydrogen-bond donors (Lipinski definition) is 2. The monoisotopic (exact) mass is 257 g/mol. The smallest absolute Gasteiger partial charge is 0.255 e. The maximum Gasteiger partial charge on any atom is 0.255 e. The third-order valence-electron chi connectivity index (χ3n) is 2.27. The molecule has 1 aromatic rings. The van der Waals surface area contributed by atoms with Gasteiger partial charge in [-0.3, -0.25) is 4.79 Å². The van der Waals surface area contributed by atoms with E-state index in [1.165, 1.54) is 12.3 Å². The normalized spacial score (nSPS) is 10.3. The summed E-state index contributed by atoms with van der Waals surface area (Å²) in [6.07, 6.45) is 2.21. The molecule has 0 radical (unpaired) electrons. The van der Waals surface area contributed by atoms with Crippen molar-refractivity contribution in [2.75, 3.05) is 25.4 Å². The van der Waals surface area contributed by atoms with Crippen LogP contribution in [0.4, 0.5) is 5.82 Å². The molecular weight excluding hydrogens is 242 g/mol. The average molecular weight is 258 g/mol. The van der Waals surface area contributed by atoms with E-state index in [0.717, 1.165) is 6.42 Å². The summed E-state index contributed by atoms with van der Waals surface area (Å²) in [5.41, 5.74) is 5.86. The van der Waals surface area contributed by atoms with Crippen LogP contribution >= 0.6 is 11.6 Å². The number of nitrogens with two attached hydrogens (primary N) is 1. The van der Waals surface area contributed by atoms with E-state index in [2.05, 4.69) is 4.98 Å². The SMILES string of the molecule is CCCN(CCO)C(=O)c1cnc(N)c(Cl)c1. The minimum absolute atomic E-state index is 0.0676. The first-order chi connectivity index (χ1) is 8.10. The van der Waals surface area contributed by atoms with Crippen molar-refractivity contribution >= 4 is 23.3 Å². The summed E-state index contributed by atoms with van der Waals surface area (Å²) >= 11 is 5.81. The summed E-state index contributed by atoms with van der Waals surface area (Å²) in [7, 11) is 0. The first-order valence-corrected chi connectivity index (χ1v) is 5.79. The van der Waals surface area contributed by atoms with Gasteiger partial charge in [-0.15, -0.1) is 0 Å². The molecule has 5 nitrogen and oxygen atoms in total. The Bertz CT molecular complexity index is 392. The number of nitrogens with zero attached hydrogens (tertiary/aromatic N) is 2. The number of halogens is 1. The lowest BCUT2D eigenvalue weighted by molar-refractivity contribution is 0.0721. The number of aromatic nitrogens is 1. The Morgan fingerprint density at radius 2 is 2.29 bits per heavy atom. The molecule has 3 N–H and O–H groups in total. The fourth-order valence-corrected chi connectivity index (χ4v) is 1.62. The predicted octanol–water partition coefficient (Wildman–Crippen LogP) is 1.16. The minimum Gasteiger partial charge on any atom is -0.395 e. The molecule has 0 aliphatic rings. The number of rotatable bonds is 5. The number of anilines is 1. The first kappa shape index (κ1) is 13.7. The Hall–Kier alpha value is -1.33. The van der Waals surface area contributed by atoms with Gasteiger partial charge in [0.25, 0.3) is 5.91 Å². The van der Waals surface area contributed by atoms with Crippen LogP contribution in [0.25, 0.3) is 0 Å². The van der Waals surface area contributed by atoms with Gasteiger partial charge in [0.1, 0.15) is 5.82 Å². The zero-order valence-electron chi connectivity index (χ0n) is 9.69. The van der Waals surface area contributed by atoms with Crippen LogP contribution in [0.5, 0.6) is 0 Å². The van der Waals surface area contributed by atoms with Crippen LogP contribution in [-0.4, -0.2) is 40.6 Å². The van der Waals surface area contributed by atoms with Gasteiger partial charge in [0, 0.05) is 19.3 Å². The van der Waals surface area contributed by atoms with Gasteiger partial charge < -0.3 is 15.7 Å². The fourth-order valence-electron chi connectivity index (χ4n) is 1.45. The van der Waals surface area contributed by atoms with Crippen LogP contribution in [0, 0.1) is 0 Å². The molecule has 0 atom stereocenters. The molecule has 0 aromatic carbocycles. The lowest BCUT2D eigenvalue weighted by atomic mass is 10.2. The minimum atomic E-state index is -0.199. The van der Waals surface area contributed by atoms with E-state index in [0.29, 0.717) is 18.7 Å². The van der Waals surface area contributed by atoms with E-state index >= 15 is 0 Å². The lowest BCUT2D eigenvalue weighted by Crippen LogP contribution is -2.34. The van der Waals surface area contributed by atoms with Crippen LogP contribution in [0.1, 0.15) is 23.7 Å². The Kier molecular flexibility index (Phi) is 5.18. The van der Waals surface area contributed by atoms with Crippen molar-refractivity contribution in [2.24, 2.45) is 0 Å². The highest BCUT2D eigenvalue weighted by molar-refractivity contribution is 6.33. The maximum absolute atomic E-state index is 12.1. The van der Waals surface area contributed by atoms with E-state index in [4.69, 9.17) is 22.4 Å². The molecular formula is C11H16ClN3O2. The molecule has 0 bridgehead atoms. The van der Waals surface area contributed by atoms with E-state index in [1.54, 1.807) is 4.90 Å². The molecule has 0 saturated heterocycles. The van der Waals surface area contributed by atoms with Gasteiger partial charge in [-0.05, 0) is 12.5 Å². The summed E-state index contributed by atoms with van der Waals surface area (Å²) < 4.78 is 0. The van der Waals surface area contributed by atoms with Crippen LogP contribution in [0.15, 0.2) is 12.3 Å². The predicted molar refractivity (Wildman–Crippen MR) is 66.9 cm³/mol. The van der Waals surface area contributed by atoms with Gasteiger partial charge in [-0.2, -0.15) is 0 Å². The van der Waals surface area contributed by atoms with Crippen molar-refractivity contribution in [3.63, 3.8) is 0 Å². The van der Waals surface area contributed by atoms with Crippen LogP contribution in [-0.2, 0) is 0 Å². The third-order valence-corrected chi connectivity index (χ3v) is 2.57. The van der Waals surface area contributed by atoms with Crippen molar-refractivity contribution in [3.8, 4) is 0 Å². The van der Waals surface area contributed by atoms with E-state index in [1.807, 2.05) is 6.92 Å². The average Bonchev–Trinajstić information content (AvgIpc) is 2.31. The molecule has 6 heteroatoms. The lowest BCUT2D eigenvalue weighted by Gasteiger charge is -2.21. The van der Waals surface area contributed by atoms with Crippen molar-refractivity contribution in [1.82, 2.24) is 9.88 Å². The number of hydrogen-bond acceptors (Lipinski definition) is 4. The van der Waals surface area contributed by atoms with Crippen LogP contribution in [0.2, 0.25) is 5.02 Å². The second-order valence-electron chi connectivity index (χ2n) is 3.61. The number of nitrogen functional groups attached to an aromatic ring is 1. The van der Waals surface area contributed by atoms with E-state index < -0.39 is 0 Å². The van der Waals surface area contributed by atoms with Gasteiger partial charge in [0.05, 0.1) is 17.2 Å². The number of amides is 1. The summed E-state index contributed by atoms with van der Waals surface area (Å²) in [4.78, 5) is 17.5. The molecule has 1 amide bonds. The summed E-state index contributed by atoms with van der Waals surface area (Å²) in [5, 5.41) is 9.16. The molecule has 1 aromatic heterocycles. The van der Waals surface area contributed by atoms with Crippen molar-refractivity contribution in [2.45, 2.75) is 13.3 Å². The molecule has 0 fully saturated rings. The molecule has 17 heavy (non-hydrogen) atoms. The summed E-state index contributed by atoms with van der Waals surface area (Å²) in [6.45, 7) is 2.78. The summed E-state index contributed by atoms with van der Waals surface area (Å²) in [5.74, 6) is 0.00252. The molecule has 0 aliphatic heterocycles. The zero-order chi connectivity index (χ0) is 12.8. The number of aliphatic hydroxyl groups is 1. The Morgan fingerprint density at radius 1 is 1.59 bits per heavy atom. The number of carbonyl (C=O) groups excluding carboxylic acids is 1. The van der Waals surface area contributed by atoms with Crippen molar-refractivity contribution < 1.29 is 9.90 Å². The molecule has 1 rings (SSSR count). The van der Waals surface area contributed by atoms with E-state index in [9.17, 15) is 4.79 Å². The molecule has 0 spiro atoms. The molecule has 0 saturated carbocycles. The standard InChI is InChI=1S/C11H16ClN3O2/c1-2-3-15(4-5-16)11(17)8-6-9(12)10(13)14-7-8/h6-7,16H,2-5H2,1H3,(H2,13,14). The largest absolute Gasteiger partial charge is 0.395 e. The highest BCUT2D eigenvalue weighted by Crippen LogP contribution is 2.17. The topological polar surface area (TPSA) is 79.5 Å². The number of aliphatic hydroxyl groups excluding tert-OH is 1.